The predicted molar refractivity (Wildman–Crippen MR) is 96.8 cm³/mol. The standard InChI is InChI=1S/C18H15FN2O3S/c1-23-14-8-7-11(9-15(14)24-2)10-16-17(22)21-18(25-16)20-13-6-4-3-5-12(13)19/h3-10H,1-2H3,(H,20,21,22)/b16-10-. The second kappa shape index (κ2) is 7.40. The Morgan fingerprint density at radius 3 is 2.60 bits per heavy atom. The summed E-state index contributed by atoms with van der Waals surface area (Å²) in [6.07, 6.45) is 1.71. The van der Waals surface area contributed by atoms with Crippen molar-refractivity contribution in [2.24, 2.45) is 4.99 Å². The number of amides is 1. The molecule has 5 nitrogen and oxygen atoms in total. The van der Waals surface area contributed by atoms with Crippen LogP contribution < -0.4 is 14.8 Å². The lowest BCUT2D eigenvalue weighted by molar-refractivity contribution is -0.115. The summed E-state index contributed by atoms with van der Waals surface area (Å²) in [5.41, 5.74) is 0.958. The van der Waals surface area contributed by atoms with Crippen molar-refractivity contribution in [3.8, 4) is 11.5 Å². The van der Waals surface area contributed by atoms with Gasteiger partial charge < -0.3 is 14.8 Å². The number of halogens is 1. The first-order chi connectivity index (χ1) is 12.1. The van der Waals surface area contributed by atoms with Crippen LogP contribution in [0.3, 0.4) is 0 Å². The second-order valence-corrected chi connectivity index (χ2v) is 6.08. The van der Waals surface area contributed by atoms with Crippen LogP contribution in [0.1, 0.15) is 5.56 Å². The first-order valence-electron chi connectivity index (χ1n) is 7.37. The van der Waals surface area contributed by atoms with Gasteiger partial charge in [-0.15, -0.1) is 0 Å². The van der Waals surface area contributed by atoms with Gasteiger partial charge in [0.25, 0.3) is 5.91 Å². The number of amidine groups is 1. The Labute approximate surface area is 148 Å². The molecule has 0 bridgehead atoms. The fourth-order valence-electron chi connectivity index (χ4n) is 2.23. The molecule has 7 heteroatoms. The summed E-state index contributed by atoms with van der Waals surface area (Å²) in [6, 6.07) is 11.5. The smallest absolute Gasteiger partial charge is 0.264 e. The number of ether oxygens (including phenoxy) is 2. The van der Waals surface area contributed by atoms with Crippen molar-refractivity contribution in [3.63, 3.8) is 0 Å². The highest BCUT2D eigenvalue weighted by Crippen LogP contribution is 2.32. The molecule has 1 aliphatic rings. The van der Waals surface area contributed by atoms with Gasteiger partial charge in [0, 0.05) is 0 Å². The third-order valence-electron chi connectivity index (χ3n) is 3.43. The molecule has 2 aromatic rings. The normalized spacial score (nSPS) is 17.0. The number of methoxy groups -OCH3 is 2. The summed E-state index contributed by atoms with van der Waals surface area (Å²) in [5.74, 6) is 0.451. The number of nitrogens with one attached hydrogen (secondary N) is 1. The largest absolute Gasteiger partial charge is 0.493 e. The molecule has 0 unspecified atom stereocenters. The fraction of sp³-hybridized carbons (Fsp3) is 0.111. The lowest BCUT2D eigenvalue weighted by atomic mass is 10.2. The van der Waals surface area contributed by atoms with Crippen molar-refractivity contribution in [2.45, 2.75) is 0 Å². The summed E-state index contributed by atoms with van der Waals surface area (Å²) in [5, 5.41) is 2.97. The van der Waals surface area contributed by atoms with E-state index in [0.29, 0.717) is 21.6 Å². The number of hydrogen-bond acceptors (Lipinski definition) is 5. The molecule has 128 valence electrons. The van der Waals surface area contributed by atoms with Gasteiger partial charge in [0.05, 0.1) is 19.1 Å². The molecule has 0 radical (unpaired) electrons. The summed E-state index contributed by atoms with van der Waals surface area (Å²) in [4.78, 5) is 16.7. The second-order valence-electron chi connectivity index (χ2n) is 5.05. The number of carbonyl (C=O) groups excluding carboxylic acids is 1. The Bertz CT molecular complexity index is 880. The Kier molecular flexibility index (Phi) is 5.04. The monoisotopic (exact) mass is 358 g/mol. The number of hydrogen-bond donors (Lipinski definition) is 1. The lowest BCUT2D eigenvalue weighted by Gasteiger charge is -2.07. The first kappa shape index (κ1) is 17.0. The number of nitrogens with zero attached hydrogens (tertiary/aromatic N) is 1. The maximum absolute atomic E-state index is 13.7. The van der Waals surface area contributed by atoms with E-state index >= 15 is 0 Å². The van der Waals surface area contributed by atoms with Crippen LogP contribution in [-0.2, 0) is 4.79 Å². The van der Waals surface area contributed by atoms with Crippen molar-refractivity contribution >= 4 is 34.6 Å². The number of rotatable bonds is 4. The van der Waals surface area contributed by atoms with Crippen molar-refractivity contribution < 1.29 is 18.7 Å². The molecule has 1 fully saturated rings. The van der Waals surface area contributed by atoms with Gasteiger partial charge in [-0.25, -0.2) is 9.38 Å². The Balaban J connectivity index is 1.86. The molecular weight excluding hydrogens is 343 g/mol. The zero-order valence-corrected chi connectivity index (χ0v) is 14.4. The molecule has 25 heavy (non-hydrogen) atoms. The first-order valence-corrected chi connectivity index (χ1v) is 8.18. The lowest BCUT2D eigenvalue weighted by Crippen LogP contribution is -2.19. The van der Waals surface area contributed by atoms with E-state index in [9.17, 15) is 9.18 Å². The molecule has 0 atom stereocenters. The molecule has 0 saturated carbocycles. The number of carbonyl (C=O) groups is 1. The van der Waals surface area contributed by atoms with E-state index in [2.05, 4.69) is 10.3 Å². The molecule has 0 aromatic heterocycles. The highest BCUT2D eigenvalue weighted by Gasteiger charge is 2.24. The molecule has 1 heterocycles. The minimum absolute atomic E-state index is 0.178. The van der Waals surface area contributed by atoms with Gasteiger partial charge in [-0.3, -0.25) is 4.79 Å². The van der Waals surface area contributed by atoms with E-state index in [1.807, 2.05) is 6.07 Å². The molecule has 0 aliphatic carbocycles. The van der Waals surface area contributed by atoms with Gasteiger partial charge in [0.2, 0.25) is 0 Å². The van der Waals surface area contributed by atoms with Crippen LogP contribution >= 0.6 is 11.8 Å². The van der Waals surface area contributed by atoms with Gasteiger partial charge >= 0.3 is 0 Å². The van der Waals surface area contributed by atoms with E-state index in [4.69, 9.17) is 9.47 Å². The van der Waals surface area contributed by atoms with Crippen LogP contribution in [0, 0.1) is 5.82 Å². The zero-order valence-electron chi connectivity index (χ0n) is 13.6. The third-order valence-corrected chi connectivity index (χ3v) is 4.34. The van der Waals surface area contributed by atoms with E-state index in [0.717, 1.165) is 17.3 Å². The average molecular weight is 358 g/mol. The number of aliphatic imine (C=N–C) groups is 1. The van der Waals surface area contributed by atoms with Crippen LogP contribution in [-0.4, -0.2) is 25.3 Å². The summed E-state index contributed by atoms with van der Waals surface area (Å²) in [6.45, 7) is 0. The van der Waals surface area contributed by atoms with E-state index in [-0.39, 0.29) is 11.6 Å². The van der Waals surface area contributed by atoms with Crippen LogP contribution in [0.2, 0.25) is 0 Å². The summed E-state index contributed by atoms with van der Waals surface area (Å²) in [7, 11) is 3.10. The summed E-state index contributed by atoms with van der Waals surface area (Å²) < 4.78 is 24.1. The van der Waals surface area contributed by atoms with Gasteiger partial charge in [0.15, 0.2) is 16.7 Å². The Morgan fingerprint density at radius 2 is 1.88 bits per heavy atom. The fourth-order valence-corrected chi connectivity index (χ4v) is 3.06. The summed E-state index contributed by atoms with van der Waals surface area (Å²) >= 11 is 1.15. The maximum Gasteiger partial charge on any atom is 0.264 e. The van der Waals surface area contributed by atoms with Gasteiger partial charge in [0.1, 0.15) is 11.5 Å². The average Bonchev–Trinajstić information content (AvgIpc) is 2.96. The molecule has 1 amide bonds. The number of thioether (sulfide) groups is 1. The molecule has 2 aromatic carbocycles. The van der Waals surface area contributed by atoms with E-state index in [1.54, 1.807) is 50.6 Å². The number of benzene rings is 2. The third kappa shape index (κ3) is 3.83. The molecule has 1 N–H and O–H groups in total. The highest BCUT2D eigenvalue weighted by molar-refractivity contribution is 8.18. The zero-order chi connectivity index (χ0) is 17.8. The molecule has 1 aliphatic heterocycles. The highest BCUT2D eigenvalue weighted by atomic mass is 32.2. The van der Waals surface area contributed by atoms with Gasteiger partial charge in [-0.2, -0.15) is 0 Å². The van der Waals surface area contributed by atoms with E-state index < -0.39 is 5.82 Å². The van der Waals surface area contributed by atoms with Crippen LogP contribution in [0.25, 0.3) is 6.08 Å². The van der Waals surface area contributed by atoms with Crippen LogP contribution in [0.15, 0.2) is 52.4 Å². The minimum Gasteiger partial charge on any atom is -0.493 e. The van der Waals surface area contributed by atoms with Crippen LogP contribution in [0.5, 0.6) is 11.5 Å². The minimum atomic E-state index is -0.442. The SMILES string of the molecule is COc1ccc(/C=C2\SC(=Nc3ccccc3F)NC2=O)cc1OC. The molecule has 3 rings (SSSR count). The topological polar surface area (TPSA) is 59.9 Å². The predicted octanol–water partition coefficient (Wildman–Crippen LogP) is 3.73. The van der Waals surface area contributed by atoms with Crippen molar-refractivity contribution in [1.29, 1.82) is 0 Å². The van der Waals surface area contributed by atoms with E-state index in [1.165, 1.54) is 6.07 Å². The van der Waals surface area contributed by atoms with Crippen molar-refractivity contribution in [3.05, 3.63) is 58.8 Å². The Hall–Kier alpha value is -2.80. The van der Waals surface area contributed by atoms with Crippen LogP contribution in [0.4, 0.5) is 10.1 Å². The van der Waals surface area contributed by atoms with Gasteiger partial charge in [-0.1, -0.05) is 18.2 Å². The molecular formula is C18H15FN2O3S. The quantitative estimate of drug-likeness (QED) is 0.846. The molecule has 1 saturated heterocycles. The van der Waals surface area contributed by atoms with Gasteiger partial charge in [-0.05, 0) is 47.7 Å². The maximum atomic E-state index is 13.7. The Morgan fingerprint density at radius 1 is 1.12 bits per heavy atom. The van der Waals surface area contributed by atoms with Crippen molar-refractivity contribution in [1.82, 2.24) is 5.32 Å². The molecule has 0 spiro atoms. The van der Waals surface area contributed by atoms with Crippen molar-refractivity contribution in [2.75, 3.05) is 14.2 Å². The number of para-hydroxylation sites is 1.